The van der Waals surface area contributed by atoms with Gasteiger partial charge in [0.05, 0.1) is 19.0 Å². The minimum Gasteiger partial charge on any atom is -0.344 e. The summed E-state index contributed by atoms with van der Waals surface area (Å²) >= 11 is 2.17. The summed E-state index contributed by atoms with van der Waals surface area (Å²) in [6.45, 7) is 3.61. The van der Waals surface area contributed by atoms with E-state index in [4.69, 9.17) is 13.7 Å². The van der Waals surface area contributed by atoms with Crippen LogP contribution in [0, 0.1) is 0 Å². The zero-order chi connectivity index (χ0) is 11.7. The van der Waals surface area contributed by atoms with Gasteiger partial charge in [0.15, 0.2) is 5.79 Å². The number of hydrogen-bond donors (Lipinski definition) is 0. The van der Waals surface area contributed by atoms with Crippen LogP contribution in [0.5, 0.6) is 0 Å². The van der Waals surface area contributed by atoms with E-state index in [2.05, 4.69) is 22.6 Å². The van der Waals surface area contributed by atoms with Crippen molar-refractivity contribution in [3.63, 3.8) is 0 Å². The molecule has 1 fully saturated rings. The smallest absolute Gasteiger partial charge is 0.264 e. The lowest BCUT2D eigenvalue weighted by Crippen LogP contribution is -2.29. The molecule has 15 heavy (non-hydrogen) atoms. The molecule has 5 nitrogen and oxygen atoms in total. The highest BCUT2D eigenvalue weighted by Crippen LogP contribution is 2.29. The summed E-state index contributed by atoms with van der Waals surface area (Å²) in [5, 5.41) is 0. The van der Waals surface area contributed by atoms with Crippen LogP contribution in [0.2, 0.25) is 0 Å². The molecule has 0 aromatic carbocycles. The quantitative estimate of drug-likeness (QED) is 0.429. The summed E-state index contributed by atoms with van der Waals surface area (Å²) in [7, 11) is -3.42. The second kappa shape index (κ2) is 4.82. The van der Waals surface area contributed by atoms with Gasteiger partial charge in [0, 0.05) is 4.43 Å². The molecule has 90 valence electrons. The molecule has 0 N–H and O–H groups in total. The second-order valence-corrected chi connectivity index (χ2v) is 6.38. The van der Waals surface area contributed by atoms with E-state index < -0.39 is 15.9 Å². The fourth-order valence-corrected chi connectivity index (χ4v) is 2.50. The van der Waals surface area contributed by atoms with Gasteiger partial charge in [-0.3, -0.25) is 4.18 Å². The molecule has 0 unspecified atom stereocenters. The fourth-order valence-electron chi connectivity index (χ4n) is 1.37. The van der Waals surface area contributed by atoms with E-state index in [1.54, 1.807) is 13.8 Å². The normalized spacial score (nSPS) is 30.7. The van der Waals surface area contributed by atoms with Crippen LogP contribution in [-0.2, 0) is 23.8 Å². The molecule has 0 aliphatic carbocycles. The minimum atomic E-state index is -3.42. The summed E-state index contributed by atoms with van der Waals surface area (Å²) in [5.74, 6) is -0.665. The van der Waals surface area contributed by atoms with E-state index >= 15 is 0 Å². The Hall–Kier alpha value is 0.560. The maximum atomic E-state index is 10.8. The van der Waals surface area contributed by atoms with Crippen molar-refractivity contribution < 1.29 is 22.1 Å². The highest BCUT2D eigenvalue weighted by atomic mass is 127. The first-order valence-corrected chi connectivity index (χ1v) is 7.84. The number of rotatable bonds is 4. The Morgan fingerprint density at radius 3 is 2.33 bits per heavy atom. The Bertz CT molecular complexity index is 313. The molecule has 0 spiro atoms. The van der Waals surface area contributed by atoms with Gasteiger partial charge in [0.25, 0.3) is 10.1 Å². The Labute approximate surface area is 104 Å². The molecule has 0 radical (unpaired) electrons. The Morgan fingerprint density at radius 1 is 1.33 bits per heavy atom. The van der Waals surface area contributed by atoms with Crippen molar-refractivity contribution in [3.8, 4) is 0 Å². The number of ether oxygens (including phenoxy) is 2. The molecule has 1 heterocycles. The second-order valence-electron chi connectivity index (χ2n) is 3.86. The monoisotopic (exact) mass is 350 g/mol. The summed E-state index contributed by atoms with van der Waals surface area (Å²) in [5.41, 5.74) is 0. The van der Waals surface area contributed by atoms with Crippen LogP contribution in [0.4, 0.5) is 0 Å². The van der Waals surface area contributed by atoms with Gasteiger partial charge in [-0.15, -0.1) is 0 Å². The van der Waals surface area contributed by atoms with Crippen LogP contribution in [0.3, 0.4) is 0 Å². The fraction of sp³-hybridized carbons (Fsp3) is 1.00. The summed E-state index contributed by atoms with van der Waals surface area (Å²) in [6, 6.07) is 0. The van der Waals surface area contributed by atoms with Gasteiger partial charge in [0.1, 0.15) is 6.10 Å². The Morgan fingerprint density at radius 2 is 1.87 bits per heavy atom. The standard InChI is InChI=1S/C8H15IO5S/c1-8(2)13-6(4-9)7(14-8)5-12-15(3,10)11/h6-7H,4-5H2,1-3H3/t6-,7+/m1/s1. The van der Waals surface area contributed by atoms with Crippen molar-refractivity contribution in [2.75, 3.05) is 17.3 Å². The van der Waals surface area contributed by atoms with Crippen LogP contribution >= 0.6 is 22.6 Å². The predicted molar refractivity (Wildman–Crippen MR) is 63.5 cm³/mol. The molecule has 1 rings (SSSR count). The third-order valence-corrected chi connectivity index (χ3v) is 3.32. The van der Waals surface area contributed by atoms with Gasteiger partial charge in [-0.05, 0) is 13.8 Å². The van der Waals surface area contributed by atoms with E-state index in [0.717, 1.165) is 10.7 Å². The van der Waals surface area contributed by atoms with Gasteiger partial charge >= 0.3 is 0 Å². The third kappa shape index (κ3) is 4.51. The molecular formula is C8H15IO5S. The first-order chi connectivity index (χ1) is 6.73. The molecule has 1 aliphatic rings. The van der Waals surface area contributed by atoms with Crippen molar-refractivity contribution in [2.45, 2.75) is 31.8 Å². The molecule has 0 aromatic heterocycles. The summed E-state index contributed by atoms with van der Waals surface area (Å²) in [4.78, 5) is 0. The number of alkyl halides is 1. The minimum absolute atomic E-state index is 0.00985. The molecular weight excluding hydrogens is 335 g/mol. The van der Waals surface area contributed by atoms with Crippen LogP contribution in [0.25, 0.3) is 0 Å². The maximum Gasteiger partial charge on any atom is 0.264 e. The predicted octanol–water partition coefficient (Wildman–Crippen LogP) is 0.918. The van der Waals surface area contributed by atoms with E-state index in [-0.39, 0.29) is 18.8 Å². The lowest BCUT2D eigenvalue weighted by atomic mass is 10.2. The molecule has 1 saturated heterocycles. The zero-order valence-electron chi connectivity index (χ0n) is 8.90. The number of hydrogen-bond acceptors (Lipinski definition) is 5. The maximum absolute atomic E-state index is 10.8. The van der Waals surface area contributed by atoms with Crippen molar-refractivity contribution in [2.24, 2.45) is 0 Å². The van der Waals surface area contributed by atoms with Gasteiger partial charge in [-0.25, -0.2) is 0 Å². The van der Waals surface area contributed by atoms with Crippen LogP contribution < -0.4 is 0 Å². The zero-order valence-corrected chi connectivity index (χ0v) is 11.9. The van der Waals surface area contributed by atoms with E-state index in [9.17, 15) is 8.42 Å². The lowest BCUT2D eigenvalue weighted by Gasteiger charge is -2.16. The van der Waals surface area contributed by atoms with Gasteiger partial charge in [-0.1, -0.05) is 22.6 Å². The molecule has 2 atom stereocenters. The molecule has 0 saturated carbocycles. The van der Waals surface area contributed by atoms with Crippen molar-refractivity contribution >= 4 is 32.7 Å². The van der Waals surface area contributed by atoms with E-state index in [1.165, 1.54) is 0 Å². The van der Waals surface area contributed by atoms with Crippen LogP contribution in [0.15, 0.2) is 0 Å². The van der Waals surface area contributed by atoms with Crippen molar-refractivity contribution in [1.82, 2.24) is 0 Å². The molecule has 0 aromatic rings. The Kier molecular flexibility index (Phi) is 4.38. The topological polar surface area (TPSA) is 61.8 Å². The first kappa shape index (κ1) is 13.6. The van der Waals surface area contributed by atoms with E-state index in [0.29, 0.717) is 0 Å². The summed E-state index contributed by atoms with van der Waals surface area (Å²) < 4.78 is 38.2. The first-order valence-electron chi connectivity index (χ1n) is 4.49. The highest BCUT2D eigenvalue weighted by Gasteiger charge is 2.41. The molecule has 0 amide bonds. The van der Waals surface area contributed by atoms with Gasteiger partial charge in [-0.2, -0.15) is 8.42 Å². The molecule has 0 bridgehead atoms. The largest absolute Gasteiger partial charge is 0.344 e. The number of halogens is 1. The van der Waals surface area contributed by atoms with Crippen molar-refractivity contribution in [1.29, 1.82) is 0 Å². The average Bonchev–Trinajstić information content (AvgIpc) is 2.36. The lowest BCUT2D eigenvalue weighted by molar-refractivity contribution is -0.146. The van der Waals surface area contributed by atoms with E-state index in [1.807, 2.05) is 0 Å². The van der Waals surface area contributed by atoms with Crippen LogP contribution in [0.1, 0.15) is 13.8 Å². The van der Waals surface area contributed by atoms with Crippen molar-refractivity contribution in [3.05, 3.63) is 0 Å². The van der Waals surface area contributed by atoms with Gasteiger partial charge in [0.2, 0.25) is 0 Å². The Balaban J connectivity index is 2.54. The third-order valence-electron chi connectivity index (χ3n) is 1.88. The highest BCUT2D eigenvalue weighted by molar-refractivity contribution is 14.1. The van der Waals surface area contributed by atoms with Gasteiger partial charge < -0.3 is 9.47 Å². The molecule has 7 heteroatoms. The summed E-state index contributed by atoms with van der Waals surface area (Å²) in [6.07, 6.45) is 0.571. The van der Waals surface area contributed by atoms with Crippen LogP contribution in [-0.4, -0.2) is 43.7 Å². The average molecular weight is 350 g/mol. The SMILES string of the molecule is CC1(C)O[C@@H](COS(C)(=O)=O)[C@@H](CI)O1. The molecule has 1 aliphatic heterocycles.